The molecule has 1 amide bonds. The largest absolute Gasteiger partial charge is 0.341 e. The third-order valence-corrected chi connectivity index (χ3v) is 6.40. The van der Waals surface area contributed by atoms with Gasteiger partial charge in [0.2, 0.25) is 5.91 Å². The van der Waals surface area contributed by atoms with Crippen molar-refractivity contribution in [3.8, 4) is 11.1 Å². The van der Waals surface area contributed by atoms with Gasteiger partial charge in [0.1, 0.15) is 11.4 Å². The van der Waals surface area contributed by atoms with Gasteiger partial charge in [-0.1, -0.05) is 40.9 Å². The fraction of sp³-hybridized carbons (Fsp3) is 0.350. The Morgan fingerprint density at radius 2 is 1.81 bits per heavy atom. The highest BCUT2D eigenvalue weighted by Gasteiger charge is 2.18. The van der Waals surface area contributed by atoms with Crippen LogP contribution in [0.1, 0.15) is 25.7 Å². The summed E-state index contributed by atoms with van der Waals surface area (Å²) >= 11 is 4.89. The van der Waals surface area contributed by atoms with Gasteiger partial charge in [-0.25, -0.2) is 4.98 Å². The molecular formula is C20H20BrN3O2S. The maximum atomic E-state index is 13.1. The van der Waals surface area contributed by atoms with Crippen LogP contribution in [-0.2, 0) is 11.3 Å². The smallest absolute Gasteiger partial charge is 0.263 e. The molecule has 0 spiro atoms. The van der Waals surface area contributed by atoms with E-state index in [-0.39, 0.29) is 18.0 Å². The number of nitrogens with zero attached hydrogens (tertiary/aromatic N) is 3. The fourth-order valence-electron chi connectivity index (χ4n) is 3.49. The molecule has 1 saturated heterocycles. The third kappa shape index (κ3) is 3.84. The molecule has 0 unspecified atom stereocenters. The summed E-state index contributed by atoms with van der Waals surface area (Å²) in [5.74, 6) is 0.000529. The van der Waals surface area contributed by atoms with Crippen molar-refractivity contribution in [3.63, 3.8) is 0 Å². The second-order valence-corrected chi connectivity index (χ2v) is 8.58. The molecule has 5 nitrogen and oxygen atoms in total. The van der Waals surface area contributed by atoms with Gasteiger partial charge in [0.05, 0.1) is 11.7 Å². The van der Waals surface area contributed by atoms with E-state index in [1.54, 1.807) is 0 Å². The lowest BCUT2D eigenvalue weighted by atomic mass is 10.1. The van der Waals surface area contributed by atoms with Gasteiger partial charge in [0.25, 0.3) is 5.56 Å². The third-order valence-electron chi connectivity index (χ3n) is 4.98. The first-order valence-electron chi connectivity index (χ1n) is 9.14. The number of halogens is 1. The van der Waals surface area contributed by atoms with Crippen LogP contribution >= 0.6 is 27.3 Å². The molecule has 0 atom stereocenters. The van der Waals surface area contributed by atoms with Gasteiger partial charge in [-0.15, -0.1) is 11.3 Å². The quantitative estimate of drug-likeness (QED) is 0.603. The van der Waals surface area contributed by atoms with Gasteiger partial charge in [-0.05, 0) is 30.5 Å². The molecule has 3 aromatic rings. The van der Waals surface area contributed by atoms with E-state index in [9.17, 15) is 9.59 Å². The van der Waals surface area contributed by atoms with Crippen molar-refractivity contribution >= 4 is 43.4 Å². The Balaban J connectivity index is 1.67. The van der Waals surface area contributed by atoms with Crippen molar-refractivity contribution < 1.29 is 4.79 Å². The van der Waals surface area contributed by atoms with Crippen molar-refractivity contribution in [1.82, 2.24) is 14.5 Å². The van der Waals surface area contributed by atoms with E-state index in [1.807, 2.05) is 34.5 Å². The number of hydrogen-bond donors (Lipinski definition) is 0. The summed E-state index contributed by atoms with van der Waals surface area (Å²) in [6.07, 6.45) is 5.92. The van der Waals surface area contributed by atoms with Crippen molar-refractivity contribution in [2.24, 2.45) is 0 Å². The first-order chi connectivity index (χ1) is 13.1. The summed E-state index contributed by atoms with van der Waals surface area (Å²) in [6.45, 7) is 1.62. The van der Waals surface area contributed by atoms with Crippen LogP contribution in [0, 0.1) is 0 Å². The van der Waals surface area contributed by atoms with Crippen LogP contribution in [0.5, 0.6) is 0 Å². The summed E-state index contributed by atoms with van der Waals surface area (Å²) in [5.41, 5.74) is 1.69. The Morgan fingerprint density at radius 3 is 2.52 bits per heavy atom. The summed E-state index contributed by atoms with van der Waals surface area (Å²) in [7, 11) is 0. The first-order valence-corrected chi connectivity index (χ1v) is 10.8. The molecule has 3 heterocycles. The van der Waals surface area contributed by atoms with Gasteiger partial charge in [0, 0.05) is 28.5 Å². The van der Waals surface area contributed by atoms with Gasteiger partial charge in [0.15, 0.2) is 0 Å². The number of benzene rings is 1. The highest BCUT2D eigenvalue weighted by Crippen LogP contribution is 2.31. The van der Waals surface area contributed by atoms with Crippen molar-refractivity contribution in [2.45, 2.75) is 32.2 Å². The molecule has 1 fully saturated rings. The number of carbonyl (C=O) groups is 1. The van der Waals surface area contributed by atoms with E-state index in [4.69, 9.17) is 0 Å². The van der Waals surface area contributed by atoms with Crippen LogP contribution < -0.4 is 5.56 Å². The molecule has 1 aliphatic rings. The fourth-order valence-corrected chi connectivity index (χ4v) is 4.66. The van der Waals surface area contributed by atoms with Gasteiger partial charge < -0.3 is 4.90 Å². The molecule has 0 radical (unpaired) electrons. The second kappa shape index (κ2) is 7.94. The highest BCUT2D eigenvalue weighted by molar-refractivity contribution is 9.10. The van der Waals surface area contributed by atoms with E-state index in [0.29, 0.717) is 10.2 Å². The Bertz CT molecular complexity index is 1020. The molecule has 0 bridgehead atoms. The predicted octanol–water partition coefficient (Wildman–Crippen LogP) is 4.29. The van der Waals surface area contributed by atoms with E-state index in [1.165, 1.54) is 35.1 Å². The Kier molecular flexibility index (Phi) is 5.41. The van der Waals surface area contributed by atoms with E-state index >= 15 is 0 Å². The lowest BCUT2D eigenvalue weighted by Crippen LogP contribution is -2.37. The average molecular weight is 446 g/mol. The van der Waals surface area contributed by atoms with E-state index in [2.05, 4.69) is 20.9 Å². The molecule has 0 aliphatic carbocycles. The lowest BCUT2D eigenvalue weighted by molar-refractivity contribution is -0.131. The number of hydrogen-bond acceptors (Lipinski definition) is 4. The number of amides is 1. The monoisotopic (exact) mass is 445 g/mol. The standard InChI is InChI=1S/C20H20BrN3O2S/c21-15-7-5-14(6-8-15)16-12-27-19-18(16)20(26)24(13-22-19)11-17(25)23-9-3-1-2-4-10-23/h5-8,12-13H,1-4,9-11H2. The van der Waals surface area contributed by atoms with Gasteiger partial charge in [-0.2, -0.15) is 0 Å². The number of rotatable bonds is 3. The summed E-state index contributed by atoms with van der Waals surface area (Å²) in [5, 5.41) is 2.55. The summed E-state index contributed by atoms with van der Waals surface area (Å²) in [6, 6.07) is 7.86. The Labute approximate surface area is 169 Å². The van der Waals surface area contributed by atoms with E-state index in [0.717, 1.165) is 41.5 Å². The average Bonchev–Trinajstić information content (AvgIpc) is 2.91. The molecule has 4 rings (SSSR count). The molecule has 27 heavy (non-hydrogen) atoms. The lowest BCUT2D eigenvalue weighted by Gasteiger charge is -2.20. The first kappa shape index (κ1) is 18.4. The molecule has 0 saturated carbocycles. The maximum Gasteiger partial charge on any atom is 0.263 e. The summed E-state index contributed by atoms with van der Waals surface area (Å²) < 4.78 is 2.44. The molecule has 140 valence electrons. The van der Waals surface area contributed by atoms with Crippen LogP contribution in [0.3, 0.4) is 0 Å². The SMILES string of the molecule is O=C(Cn1cnc2scc(-c3ccc(Br)cc3)c2c1=O)N1CCCCCC1. The Morgan fingerprint density at radius 1 is 1.11 bits per heavy atom. The number of aromatic nitrogens is 2. The van der Waals surface area contributed by atoms with Crippen molar-refractivity contribution in [3.05, 3.63) is 50.8 Å². The predicted molar refractivity (Wildman–Crippen MR) is 112 cm³/mol. The molecule has 1 aliphatic heterocycles. The minimum Gasteiger partial charge on any atom is -0.341 e. The van der Waals surface area contributed by atoms with Gasteiger partial charge >= 0.3 is 0 Å². The number of carbonyl (C=O) groups excluding carboxylic acids is 1. The van der Waals surface area contributed by atoms with Crippen molar-refractivity contribution in [2.75, 3.05) is 13.1 Å². The second-order valence-electron chi connectivity index (χ2n) is 6.81. The van der Waals surface area contributed by atoms with Crippen molar-refractivity contribution in [1.29, 1.82) is 0 Å². The molecular weight excluding hydrogens is 426 g/mol. The Hall–Kier alpha value is -1.99. The molecule has 1 aromatic carbocycles. The summed E-state index contributed by atoms with van der Waals surface area (Å²) in [4.78, 5) is 32.8. The normalized spacial score (nSPS) is 15.1. The molecule has 0 N–H and O–H groups in total. The van der Waals surface area contributed by atoms with Gasteiger partial charge in [-0.3, -0.25) is 14.2 Å². The zero-order valence-corrected chi connectivity index (χ0v) is 17.3. The highest BCUT2D eigenvalue weighted by atomic mass is 79.9. The number of fused-ring (bicyclic) bond motifs is 1. The zero-order valence-electron chi connectivity index (χ0n) is 14.9. The van der Waals surface area contributed by atoms with E-state index < -0.39 is 0 Å². The van der Waals surface area contributed by atoms with Crippen LogP contribution in [0.15, 0.2) is 45.2 Å². The minimum atomic E-state index is -0.151. The zero-order chi connectivity index (χ0) is 18.8. The minimum absolute atomic E-state index is 0.000529. The maximum absolute atomic E-state index is 13.1. The van der Waals surface area contributed by atoms with Crippen LogP contribution in [0.2, 0.25) is 0 Å². The molecule has 7 heteroatoms. The van der Waals surface area contributed by atoms with Crippen LogP contribution in [0.4, 0.5) is 0 Å². The topological polar surface area (TPSA) is 55.2 Å². The number of likely N-dealkylation sites (tertiary alicyclic amines) is 1. The number of thiophene rings is 1. The van der Waals surface area contributed by atoms with Crippen LogP contribution in [-0.4, -0.2) is 33.4 Å². The molecule has 2 aromatic heterocycles. The van der Waals surface area contributed by atoms with Crippen LogP contribution in [0.25, 0.3) is 21.3 Å².